The smallest absolute Gasteiger partial charge is 0.338 e. The van der Waals surface area contributed by atoms with E-state index in [0.717, 1.165) is 24.2 Å². The standard InChI is InChI=1S/C20H26N2O5/c1-12(2)27-15-8-6-14(7-9-15)18-17(13(3)21-20(24)22-18)19(23)26-11-16-5-4-10-25-16/h6-9,12,16,18H,4-5,10-11H2,1-3H3,(H2,21,22,24). The maximum atomic E-state index is 12.7. The second-order valence-electron chi connectivity index (χ2n) is 7.04. The highest BCUT2D eigenvalue weighted by atomic mass is 16.6. The van der Waals surface area contributed by atoms with Crippen molar-refractivity contribution < 1.29 is 23.8 Å². The van der Waals surface area contributed by atoms with Gasteiger partial charge in [0.05, 0.1) is 23.8 Å². The van der Waals surface area contributed by atoms with Gasteiger partial charge in [-0.05, 0) is 51.3 Å². The molecule has 7 nitrogen and oxygen atoms in total. The largest absolute Gasteiger partial charge is 0.491 e. The predicted molar refractivity (Wildman–Crippen MR) is 99.2 cm³/mol. The highest BCUT2D eigenvalue weighted by molar-refractivity contribution is 5.95. The third-order valence-electron chi connectivity index (χ3n) is 4.50. The summed E-state index contributed by atoms with van der Waals surface area (Å²) in [7, 11) is 0. The Morgan fingerprint density at radius 3 is 2.67 bits per heavy atom. The van der Waals surface area contributed by atoms with E-state index in [2.05, 4.69) is 10.6 Å². The number of ether oxygens (including phenoxy) is 3. The lowest BCUT2D eigenvalue weighted by atomic mass is 9.95. The lowest BCUT2D eigenvalue weighted by molar-refractivity contribution is -0.142. The van der Waals surface area contributed by atoms with Crippen LogP contribution in [-0.2, 0) is 14.3 Å². The SMILES string of the molecule is CC1=C(C(=O)OCC2CCCO2)C(c2ccc(OC(C)C)cc2)NC(=O)N1. The molecule has 1 fully saturated rings. The van der Waals surface area contributed by atoms with E-state index < -0.39 is 12.0 Å². The van der Waals surface area contributed by atoms with Crippen molar-refractivity contribution in [3.8, 4) is 5.75 Å². The van der Waals surface area contributed by atoms with Crippen LogP contribution in [0, 0.1) is 0 Å². The van der Waals surface area contributed by atoms with E-state index in [0.29, 0.717) is 17.9 Å². The summed E-state index contributed by atoms with van der Waals surface area (Å²) in [6.07, 6.45) is 1.89. The fraction of sp³-hybridized carbons (Fsp3) is 0.500. The van der Waals surface area contributed by atoms with Crippen LogP contribution in [0.4, 0.5) is 4.79 Å². The van der Waals surface area contributed by atoms with Gasteiger partial charge in [0, 0.05) is 12.3 Å². The van der Waals surface area contributed by atoms with Crippen molar-refractivity contribution in [2.24, 2.45) is 0 Å². The van der Waals surface area contributed by atoms with Crippen LogP contribution >= 0.6 is 0 Å². The quantitative estimate of drug-likeness (QED) is 0.748. The molecule has 2 atom stereocenters. The van der Waals surface area contributed by atoms with Crippen molar-refractivity contribution in [3.63, 3.8) is 0 Å². The Kier molecular flexibility index (Phi) is 6.01. The van der Waals surface area contributed by atoms with Gasteiger partial charge < -0.3 is 24.8 Å². The summed E-state index contributed by atoms with van der Waals surface area (Å²) in [5.41, 5.74) is 1.66. The molecule has 2 amide bonds. The summed E-state index contributed by atoms with van der Waals surface area (Å²) in [6.45, 7) is 6.53. The summed E-state index contributed by atoms with van der Waals surface area (Å²) < 4.78 is 16.6. The average molecular weight is 374 g/mol. The third-order valence-corrected chi connectivity index (χ3v) is 4.50. The van der Waals surface area contributed by atoms with E-state index in [1.807, 2.05) is 38.1 Å². The number of hydrogen-bond acceptors (Lipinski definition) is 5. The molecular weight excluding hydrogens is 348 g/mol. The average Bonchev–Trinajstić information content (AvgIpc) is 3.13. The topological polar surface area (TPSA) is 85.9 Å². The number of carbonyl (C=O) groups excluding carboxylic acids is 2. The Bertz CT molecular complexity index is 720. The Hall–Kier alpha value is -2.54. The van der Waals surface area contributed by atoms with E-state index in [-0.39, 0.29) is 24.8 Å². The summed E-state index contributed by atoms with van der Waals surface area (Å²) in [4.78, 5) is 24.7. The van der Waals surface area contributed by atoms with Gasteiger partial charge >= 0.3 is 12.0 Å². The molecule has 1 saturated heterocycles. The predicted octanol–water partition coefficient (Wildman–Crippen LogP) is 2.82. The highest BCUT2D eigenvalue weighted by Gasteiger charge is 2.32. The summed E-state index contributed by atoms with van der Waals surface area (Å²) in [6, 6.07) is 6.41. The number of allylic oxidation sites excluding steroid dienone is 1. The van der Waals surface area contributed by atoms with E-state index in [4.69, 9.17) is 14.2 Å². The number of rotatable bonds is 6. The minimum absolute atomic E-state index is 0.0492. The van der Waals surface area contributed by atoms with Crippen molar-refractivity contribution in [1.82, 2.24) is 10.6 Å². The van der Waals surface area contributed by atoms with Gasteiger partial charge in [0.15, 0.2) is 0 Å². The van der Waals surface area contributed by atoms with Crippen molar-refractivity contribution in [1.29, 1.82) is 0 Å². The molecule has 3 rings (SSSR count). The molecular formula is C20H26N2O5. The molecule has 1 aromatic rings. The van der Waals surface area contributed by atoms with Crippen LogP contribution in [0.3, 0.4) is 0 Å². The fourth-order valence-corrected chi connectivity index (χ4v) is 3.25. The van der Waals surface area contributed by atoms with Crippen LogP contribution in [0.25, 0.3) is 0 Å². The van der Waals surface area contributed by atoms with Gasteiger partial charge in [0.1, 0.15) is 12.4 Å². The van der Waals surface area contributed by atoms with Crippen LogP contribution in [0.2, 0.25) is 0 Å². The molecule has 27 heavy (non-hydrogen) atoms. The normalized spacial score (nSPS) is 22.4. The van der Waals surface area contributed by atoms with Crippen molar-refractivity contribution in [2.45, 2.75) is 51.9 Å². The molecule has 0 radical (unpaired) electrons. The first kappa shape index (κ1) is 19.2. The van der Waals surface area contributed by atoms with Crippen LogP contribution in [0.1, 0.15) is 45.2 Å². The fourth-order valence-electron chi connectivity index (χ4n) is 3.25. The first-order valence-electron chi connectivity index (χ1n) is 9.27. The number of nitrogens with one attached hydrogen (secondary N) is 2. The van der Waals surface area contributed by atoms with Crippen LogP contribution in [-0.4, -0.2) is 37.4 Å². The van der Waals surface area contributed by atoms with Gasteiger partial charge in [-0.1, -0.05) is 12.1 Å². The highest BCUT2D eigenvalue weighted by Crippen LogP contribution is 2.29. The molecule has 0 aliphatic carbocycles. The van der Waals surface area contributed by atoms with Gasteiger partial charge in [-0.15, -0.1) is 0 Å². The number of esters is 1. The lowest BCUT2D eigenvalue weighted by Crippen LogP contribution is -2.45. The second kappa shape index (κ2) is 8.43. The zero-order chi connectivity index (χ0) is 19.4. The van der Waals surface area contributed by atoms with Crippen LogP contribution in [0.5, 0.6) is 5.75 Å². The van der Waals surface area contributed by atoms with E-state index in [1.165, 1.54) is 0 Å². The van der Waals surface area contributed by atoms with Crippen molar-refractivity contribution in [3.05, 3.63) is 41.1 Å². The molecule has 7 heteroatoms. The molecule has 2 aliphatic heterocycles. The Labute approximate surface area is 159 Å². The summed E-state index contributed by atoms with van der Waals surface area (Å²) in [5, 5.41) is 5.45. The zero-order valence-corrected chi connectivity index (χ0v) is 15.9. The number of carbonyl (C=O) groups is 2. The van der Waals surface area contributed by atoms with Crippen LogP contribution < -0.4 is 15.4 Å². The van der Waals surface area contributed by atoms with Gasteiger partial charge in [-0.25, -0.2) is 9.59 Å². The molecule has 2 unspecified atom stereocenters. The summed E-state index contributed by atoms with van der Waals surface area (Å²) in [5.74, 6) is 0.278. The molecule has 0 saturated carbocycles. The molecule has 2 aliphatic rings. The number of amides is 2. The Morgan fingerprint density at radius 1 is 1.30 bits per heavy atom. The molecule has 2 heterocycles. The molecule has 146 valence electrons. The second-order valence-corrected chi connectivity index (χ2v) is 7.04. The van der Waals surface area contributed by atoms with E-state index in [9.17, 15) is 9.59 Å². The third kappa shape index (κ3) is 4.80. The monoisotopic (exact) mass is 374 g/mol. The summed E-state index contributed by atoms with van der Waals surface area (Å²) >= 11 is 0. The number of urea groups is 1. The van der Waals surface area contributed by atoms with Gasteiger partial charge in [0.2, 0.25) is 0 Å². The van der Waals surface area contributed by atoms with Gasteiger partial charge in [-0.3, -0.25) is 0 Å². The molecule has 0 aromatic heterocycles. The molecule has 0 spiro atoms. The van der Waals surface area contributed by atoms with E-state index >= 15 is 0 Å². The Morgan fingerprint density at radius 2 is 2.04 bits per heavy atom. The first-order chi connectivity index (χ1) is 12.9. The minimum Gasteiger partial charge on any atom is -0.491 e. The molecule has 1 aromatic carbocycles. The Balaban J connectivity index is 1.77. The maximum absolute atomic E-state index is 12.7. The van der Waals surface area contributed by atoms with Crippen molar-refractivity contribution in [2.75, 3.05) is 13.2 Å². The van der Waals surface area contributed by atoms with E-state index in [1.54, 1.807) is 6.92 Å². The van der Waals surface area contributed by atoms with Crippen molar-refractivity contribution >= 4 is 12.0 Å². The minimum atomic E-state index is -0.580. The molecule has 0 bridgehead atoms. The van der Waals surface area contributed by atoms with Gasteiger partial charge in [-0.2, -0.15) is 0 Å². The molecule has 2 N–H and O–H groups in total. The number of benzene rings is 1. The van der Waals surface area contributed by atoms with Crippen LogP contribution in [0.15, 0.2) is 35.5 Å². The van der Waals surface area contributed by atoms with Gasteiger partial charge in [0.25, 0.3) is 0 Å². The lowest BCUT2D eigenvalue weighted by Gasteiger charge is -2.28. The number of hydrogen-bond donors (Lipinski definition) is 2. The zero-order valence-electron chi connectivity index (χ0n) is 15.9. The maximum Gasteiger partial charge on any atom is 0.338 e. The first-order valence-corrected chi connectivity index (χ1v) is 9.27.